The van der Waals surface area contributed by atoms with Crippen molar-refractivity contribution in [2.75, 3.05) is 19.8 Å². The maximum Gasteiger partial charge on any atom is 0.130 e. The third kappa shape index (κ3) is 2.84. The molecule has 92 valence electrons. The molecule has 4 nitrogen and oxygen atoms in total. The maximum absolute atomic E-state index is 5.84. The minimum atomic E-state index is -0.391. The van der Waals surface area contributed by atoms with Gasteiger partial charge in [0.05, 0.1) is 19.8 Å². The van der Waals surface area contributed by atoms with Crippen LogP contribution in [0.2, 0.25) is 0 Å². The Morgan fingerprint density at radius 1 is 1.53 bits per heavy atom. The van der Waals surface area contributed by atoms with Crippen molar-refractivity contribution in [1.82, 2.24) is 9.97 Å². The number of rotatable bonds is 3. The molecule has 2 rings (SSSR count). The first-order valence-corrected chi connectivity index (χ1v) is 5.80. The monoisotopic (exact) mass is 234 g/mol. The predicted octanol–water partition coefficient (Wildman–Crippen LogP) is 2.17. The van der Waals surface area contributed by atoms with Gasteiger partial charge in [0.25, 0.3) is 0 Å². The van der Waals surface area contributed by atoms with E-state index in [0.29, 0.717) is 19.8 Å². The van der Waals surface area contributed by atoms with Gasteiger partial charge in [0.1, 0.15) is 11.4 Å². The Hall–Kier alpha value is -1.39. The van der Waals surface area contributed by atoms with Gasteiger partial charge in [0.15, 0.2) is 0 Å². The van der Waals surface area contributed by atoms with Crippen molar-refractivity contribution in [2.24, 2.45) is 0 Å². The molecule has 1 aromatic heterocycles. The lowest BCUT2D eigenvalue weighted by molar-refractivity contribution is -0.125. The van der Waals surface area contributed by atoms with Crippen molar-refractivity contribution in [3.63, 3.8) is 0 Å². The molecule has 1 N–H and O–H groups in total. The van der Waals surface area contributed by atoms with E-state index >= 15 is 0 Å². The number of imidazole rings is 1. The molecule has 1 saturated heterocycles. The average Bonchev–Trinajstić information content (AvgIpc) is 2.82. The Labute approximate surface area is 101 Å². The summed E-state index contributed by atoms with van der Waals surface area (Å²) in [6.45, 7) is 5.90. The van der Waals surface area contributed by atoms with Crippen molar-refractivity contribution in [3.8, 4) is 0 Å². The standard InChI is InChI=1S/C13H18N2O2/c1-3-4-11(9-12-14-5-6-15-12)13(2)10-16-7-8-17-13/h3-6,9H,7-8,10H2,1-2H3,(H,14,15)/b4-3-,11-9+. The van der Waals surface area contributed by atoms with E-state index in [1.165, 1.54) is 0 Å². The summed E-state index contributed by atoms with van der Waals surface area (Å²) >= 11 is 0. The number of nitrogens with zero attached hydrogens (tertiary/aromatic N) is 1. The fourth-order valence-electron chi connectivity index (χ4n) is 1.86. The second-order valence-corrected chi connectivity index (χ2v) is 4.21. The van der Waals surface area contributed by atoms with Crippen molar-refractivity contribution in [2.45, 2.75) is 19.4 Å². The van der Waals surface area contributed by atoms with Crippen LogP contribution < -0.4 is 0 Å². The summed E-state index contributed by atoms with van der Waals surface area (Å²) in [6, 6.07) is 0. The van der Waals surface area contributed by atoms with Gasteiger partial charge in [-0.2, -0.15) is 0 Å². The molecule has 1 aliphatic heterocycles. The minimum absolute atomic E-state index is 0.391. The van der Waals surface area contributed by atoms with Gasteiger partial charge in [-0.05, 0) is 25.5 Å². The highest BCUT2D eigenvalue weighted by Crippen LogP contribution is 2.27. The predicted molar refractivity (Wildman–Crippen MR) is 66.6 cm³/mol. The molecule has 0 saturated carbocycles. The zero-order chi connectivity index (χ0) is 12.1. The molecular formula is C13H18N2O2. The highest BCUT2D eigenvalue weighted by Gasteiger charge is 2.31. The number of hydrogen-bond acceptors (Lipinski definition) is 3. The second kappa shape index (κ2) is 5.29. The molecule has 0 aromatic carbocycles. The van der Waals surface area contributed by atoms with E-state index in [0.717, 1.165) is 11.4 Å². The van der Waals surface area contributed by atoms with Crippen molar-refractivity contribution < 1.29 is 9.47 Å². The van der Waals surface area contributed by atoms with Crippen LogP contribution in [-0.2, 0) is 9.47 Å². The number of aromatic nitrogens is 2. The first-order valence-electron chi connectivity index (χ1n) is 5.80. The third-order valence-corrected chi connectivity index (χ3v) is 2.79. The molecule has 0 radical (unpaired) electrons. The average molecular weight is 234 g/mol. The molecule has 1 fully saturated rings. The largest absolute Gasteiger partial charge is 0.376 e. The molecule has 0 aliphatic carbocycles. The fraction of sp³-hybridized carbons (Fsp3) is 0.462. The molecule has 4 heteroatoms. The SMILES string of the molecule is C/C=C\C(=C/c1ncc[nH]1)C1(C)COCCO1. The quantitative estimate of drug-likeness (QED) is 0.815. The summed E-state index contributed by atoms with van der Waals surface area (Å²) < 4.78 is 11.3. The molecule has 1 aliphatic rings. The zero-order valence-corrected chi connectivity index (χ0v) is 10.3. The second-order valence-electron chi connectivity index (χ2n) is 4.21. The molecule has 0 bridgehead atoms. The summed E-state index contributed by atoms with van der Waals surface area (Å²) in [5.41, 5.74) is 0.673. The van der Waals surface area contributed by atoms with Crippen LogP contribution in [0.4, 0.5) is 0 Å². The van der Waals surface area contributed by atoms with Crippen LogP contribution in [-0.4, -0.2) is 35.4 Å². The molecule has 17 heavy (non-hydrogen) atoms. The zero-order valence-electron chi connectivity index (χ0n) is 10.3. The van der Waals surface area contributed by atoms with Crippen LogP contribution in [0.15, 0.2) is 30.1 Å². The van der Waals surface area contributed by atoms with E-state index in [2.05, 4.69) is 9.97 Å². The van der Waals surface area contributed by atoms with Crippen molar-refractivity contribution in [3.05, 3.63) is 35.9 Å². The van der Waals surface area contributed by atoms with Gasteiger partial charge in [-0.1, -0.05) is 12.2 Å². The third-order valence-electron chi connectivity index (χ3n) is 2.79. The van der Waals surface area contributed by atoms with E-state index in [-0.39, 0.29) is 0 Å². The normalized spacial score (nSPS) is 26.6. The topological polar surface area (TPSA) is 47.1 Å². The minimum Gasteiger partial charge on any atom is -0.376 e. The van der Waals surface area contributed by atoms with E-state index < -0.39 is 5.60 Å². The molecule has 2 heterocycles. The number of ether oxygens (including phenoxy) is 2. The van der Waals surface area contributed by atoms with Gasteiger partial charge >= 0.3 is 0 Å². The Morgan fingerprint density at radius 3 is 3.00 bits per heavy atom. The van der Waals surface area contributed by atoms with E-state index in [1.807, 2.05) is 32.1 Å². The smallest absolute Gasteiger partial charge is 0.130 e. The Kier molecular flexibility index (Phi) is 3.76. The van der Waals surface area contributed by atoms with Gasteiger partial charge in [-0.3, -0.25) is 0 Å². The van der Waals surface area contributed by atoms with Gasteiger partial charge in [0, 0.05) is 12.4 Å². The van der Waals surface area contributed by atoms with E-state index in [1.54, 1.807) is 12.4 Å². The number of nitrogens with one attached hydrogen (secondary N) is 1. The summed E-state index contributed by atoms with van der Waals surface area (Å²) in [4.78, 5) is 7.27. The van der Waals surface area contributed by atoms with Gasteiger partial charge < -0.3 is 14.5 Å². The number of aromatic amines is 1. The lowest BCUT2D eigenvalue weighted by Crippen LogP contribution is -2.41. The van der Waals surface area contributed by atoms with Crippen LogP contribution in [0.5, 0.6) is 0 Å². The Balaban J connectivity index is 2.28. The summed E-state index contributed by atoms with van der Waals surface area (Å²) in [7, 11) is 0. The number of allylic oxidation sites excluding steroid dienone is 1. The van der Waals surface area contributed by atoms with Gasteiger partial charge in [-0.25, -0.2) is 4.98 Å². The number of hydrogen-bond donors (Lipinski definition) is 1. The molecule has 1 atom stereocenters. The summed E-state index contributed by atoms with van der Waals surface area (Å²) in [5.74, 6) is 0.827. The fourth-order valence-corrected chi connectivity index (χ4v) is 1.86. The highest BCUT2D eigenvalue weighted by molar-refractivity contribution is 5.53. The van der Waals surface area contributed by atoms with Crippen LogP contribution in [0.25, 0.3) is 6.08 Å². The molecule has 0 amide bonds. The van der Waals surface area contributed by atoms with Crippen LogP contribution in [0, 0.1) is 0 Å². The highest BCUT2D eigenvalue weighted by atomic mass is 16.6. The lowest BCUT2D eigenvalue weighted by atomic mass is 9.94. The maximum atomic E-state index is 5.84. The summed E-state index contributed by atoms with van der Waals surface area (Å²) in [5, 5.41) is 0. The Bertz CT molecular complexity index is 401. The first kappa shape index (κ1) is 12.1. The van der Waals surface area contributed by atoms with Crippen LogP contribution >= 0.6 is 0 Å². The van der Waals surface area contributed by atoms with Gasteiger partial charge in [-0.15, -0.1) is 0 Å². The molecule has 1 aromatic rings. The van der Waals surface area contributed by atoms with Crippen molar-refractivity contribution in [1.29, 1.82) is 0 Å². The van der Waals surface area contributed by atoms with Crippen LogP contribution in [0.1, 0.15) is 19.7 Å². The van der Waals surface area contributed by atoms with Crippen LogP contribution in [0.3, 0.4) is 0 Å². The molecular weight excluding hydrogens is 216 g/mol. The lowest BCUT2D eigenvalue weighted by Gasteiger charge is -2.34. The Morgan fingerprint density at radius 2 is 2.41 bits per heavy atom. The van der Waals surface area contributed by atoms with E-state index in [9.17, 15) is 0 Å². The number of H-pyrrole nitrogens is 1. The summed E-state index contributed by atoms with van der Waals surface area (Å²) in [6.07, 6.45) is 9.57. The molecule has 1 unspecified atom stereocenters. The van der Waals surface area contributed by atoms with E-state index in [4.69, 9.17) is 9.47 Å². The first-order chi connectivity index (χ1) is 8.24. The van der Waals surface area contributed by atoms with Gasteiger partial charge in [0.2, 0.25) is 0 Å². The molecule has 0 spiro atoms. The van der Waals surface area contributed by atoms with Crippen molar-refractivity contribution >= 4 is 6.08 Å².